The van der Waals surface area contributed by atoms with Gasteiger partial charge in [-0.25, -0.2) is 0 Å². The Morgan fingerprint density at radius 2 is 1.46 bits per heavy atom. The molecule has 8 rings (SSSR count). The summed E-state index contributed by atoms with van der Waals surface area (Å²) in [5, 5.41) is 2.47. The molecule has 0 amide bonds. The molecule has 0 bridgehead atoms. The Labute approximate surface area is 407 Å². The number of nitrogens with two attached hydrogens (primary N) is 1. The van der Waals surface area contributed by atoms with E-state index in [-0.39, 0.29) is 17.3 Å². The first-order valence-electron chi connectivity index (χ1n) is 25.1. The molecule has 0 spiro atoms. The monoisotopic (exact) mass is 891 g/mol. The summed E-state index contributed by atoms with van der Waals surface area (Å²) >= 11 is 0. The van der Waals surface area contributed by atoms with Gasteiger partial charge in [-0.3, -0.25) is 0 Å². The van der Waals surface area contributed by atoms with Gasteiger partial charge in [-0.2, -0.15) is 0 Å². The van der Waals surface area contributed by atoms with Crippen LogP contribution < -0.4 is 5.73 Å². The molecular weight excluding hydrogens is 821 g/mol. The normalized spacial score (nSPS) is 20.5. The van der Waals surface area contributed by atoms with Crippen LogP contribution in [0.2, 0.25) is 0 Å². The largest absolute Gasteiger partial charge is 0.330 e. The van der Waals surface area contributed by atoms with Crippen molar-refractivity contribution < 1.29 is 0 Å². The number of hydrogen-bond donors (Lipinski definition) is 1. The zero-order chi connectivity index (χ0) is 47.3. The molecule has 68 heavy (non-hydrogen) atoms. The molecule has 1 aromatic heterocycles. The van der Waals surface area contributed by atoms with Gasteiger partial charge < -0.3 is 10.3 Å². The maximum Gasteiger partial charge on any atom is 0.0538 e. The number of benzene rings is 4. The maximum absolute atomic E-state index is 7.00. The van der Waals surface area contributed by atoms with E-state index < -0.39 is 0 Å². The zero-order valence-electron chi connectivity index (χ0n) is 40.8. The highest BCUT2D eigenvalue weighted by molar-refractivity contribution is 6.11. The lowest BCUT2D eigenvalue weighted by atomic mass is 9.63. The molecular formula is C66H70N2. The Morgan fingerprint density at radius 1 is 0.779 bits per heavy atom. The van der Waals surface area contributed by atoms with Crippen molar-refractivity contribution in [3.63, 3.8) is 0 Å². The van der Waals surface area contributed by atoms with Crippen molar-refractivity contribution >= 4 is 33.1 Å². The highest BCUT2D eigenvalue weighted by Crippen LogP contribution is 2.62. The van der Waals surface area contributed by atoms with Crippen LogP contribution in [-0.2, 0) is 5.41 Å². The lowest BCUT2D eigenvalue weighted by molar-refractivity contribution is 0.389. The van der Waals surface area contributed by atoms with Crippen molar-refractivity contribution in [2.75, 3.05) is 6.54 Å². The number of hydrogen-bond acceptors (Lipinski definition) is 1. The summed E-state index contributed by atoms with van der Waals surface area (Å²) in [5.41, 5.74) is 20.2. The van der Waals surface area contributed by atoms with E-state index in [0.717, 1.165) is 55.2 Å². The van der Waals surface area contributed by atoms with Gasteiger partial charge in [-0.1, -0.05) is 220 Å². The second-order valence-electron chi connectivity index (χ2n) is 18.5. The molecule has 4 atom stereocenters. The average molecular weight is 891 g/mol. The third kappa shape index (κ3) is 10.1. The van der Waals surface area contributed by atoms with Crippen LogP contribution in [0.3, 0.4) is 0 Å². The first kappa shape index (κ1) is 47.7. The van der Waals surface area contributed by atoms with Crippen molar-refractivity contribution in [2.24, 2.45) is 29.4 Å². The van der Waals surface area contributed by atoms with Crippen molar-refractivity contribution in [2.45, 2.75) is 71.6 Å². The first-order valence-corrected chi connectivity index (χ1v) is 25.1. The quantitative estimate of drug-likeness (QED) is 0.0732. The van der Waals surface area contributed by atoms with E-state index in [4.69, 9.17) is 5.73 Å². The van der Waals surface area contributed by atoms with E-state index in [1.807, 2.05) is 0 Å². The van der Waals surface area contributed by atoms with E-state index in [1.54, 1.807) is 0 Å². The highest BCUT2D eigenvalue weighted by atomic mass is 15.0. The second-order valence-corrected chi connectivity index (χ2v) is 18.5. The Morgan fingerprint density at radius 3 is 2.19 bits per heavy atom. The molecule has 1 saturated carbocycles. The standard InChI is InChI=1S/C66H70N2/c1-6-9-11-12-17-28-51(8-3)41-39-49(4)40-42-53(54-43-44-65-61(46-54)60-35-24-25-38-64(60)68(65)50(5)27-16-10-7-2)45-55(48-67)52-29-26-36-59-58-34-22-15-23-37-62(58)66(63(59)47-52,56-30-18-13-19-31-56)57-32-20-14-21-33-57/h8-14,16-25,27,29-35,37-47,55,58-59,62H,4,6-7,15,26,28,36,48,67H2,1-3,5H3/b11-9-,16-10-,17-12-,41-39-,42-40-,50-27+,51-8-,53-45+. The van der Waals surface area contributed by atoms with Crippen LogP contribution in [0.15, 0.2) is 247 Å². The van der Waals surface area contributed by atoms with Gasteiger partial charge in [0.1, 0.15) is 0 Å². The van der Waals surface area contributed by atoms with E-state index in [9.17, 15) is 0 Å². The van der Waals surface area contributed by atoms with Crippen LogP contribution in [0.5, 0.6) is 0 Å². The van der Waals surface area contributed by atoms with Gasteiger partial charge >= 0.3 is 0 Å². The fourth-order valence-corrected chi connectivity index (χ4v) is 11.0. The molecule has 344 valence electrons. The van der Waals surface area contributed by atoms with Gasteiger partial charge in [-0.05, 0) is 127 Å². The van der Waals surface area contributed by atoms with Crippen LogP contribution in [0.25, 0.3) is 33.1 Å². The van der Waals surface area contributed by atoms with E-state index in [2.05, 4.69) is 257 Å². The Hall–Kier alpha value is -6.74. The molecule has 4 unspecified atom stereocenters. The molecule has 0 aliphatic heterocycles. The molecule has 0 radical (unpaired) electrons. The topological polar surface area (TPSA) is 30.9 Å². The Kier molecular flexibility index (Phi) is 16.0. The van der Waals surface area contributed by atoms with Gasteiger partial charge in [0, 0.05) is 40.3 Å². The summed E-state index contributed by atoms with van der Waals surface area (Å²) in [5.74, 6) is 1.05. The minimum Gasteiger partial charge on any atom is -0.330 e. The summed E-state index contributed by atoms with van der Waals surface area (Å²) in [6, 6.07) is 38.4. The molecule has 1 heterocycles. The smallest absolute Gasteiger partial charge is 0.0538 e. The van der Waals surface area contributed by atoms with Crippen LogP contribution in [0.4, 0.5) is 0 Å². The summed E-state index contributed by atoms with van der Waals surface area (Å²) in [7, 11) is 0. The van der Waals surface area contributed by atoms with Crippen molar-refractivity contribution in [3.8, 4) is 0 Å². The minimum absolute atomic E-state index is 0.0267. The molecule has 2 heteroatoms. The number of para-hydroxylation sites is 1. The number of rotatable bonds is 17. The fourth-order valence-electron chi connectivity index (χ4n) is 11.0. The molecule has 5 aromatic rings. The summed E-state index contributed by atoms with van der Waals surface area (Å²) < 4.78 is 2.40. The molecule has 0 saturated heterocycles. The minimum atomic E-state index is -0.325. The first-order chi connectivity index (χ1) is 33.4. The third-order valence-electron chi connectivity index (χ3n) is 14.3. The molecule has 1 fully saturated rings. The number of nitrogens with zero attached hydrogens (tertiary/aromatic N) is 1. The second kappa shape index (κ2) is 22.8. The third-order valence-corrected chi connectivity index (χ3v) is 14.3. The number of aromatic nitrogens is 1. The van der Waals surface area contributed by atoms with Gasteiger partial charge in [0.25, 0.3) is 0 Å². The SMILES string of the molecule is C=C(/C=C\C(=C/C)C/C=C\C=C/CC)/C=C\C(=C/C(CN)C1=CCCC2C(=C1)C(c1ccccc1)(c1ccccc1)C1C=CCC=CC21)c1ccc2c(c1)c1ccccc1n2/C(C)=C/C=C\CC. The lowest BCUT2D eigenvalue weighted by Gasteiger charge is -2.39. The zero-order valence-corrected chi connectivity index (χ0v) is 40.8. The molecule has 3 aliphatic rings. The molecule has 2 nitrogen and oxygen atoms in total. The maximum atomic E-state index is 7.00. The molecule has 2 N–H and O–H groups in total. The molecule has 3 aliphatic carbocycles. The van der Waals surface area contributed by atoms with Crippen LogP contribution >= 0.6 is 0 Å². The van der Waals surface area contributed by atoms with Crippen LogP contribution in [0, 0.1) is 23.7 Å². The number of allylic oxidation sites excluding steroid dienone is 23. The van der Waals surface area contributed by atoms with Crippen molar-refractivity contribution in [1.82, 2.24) is 4.57 Å². The van der Waals surface area contributed by atoms with Crippen LogP contribution in [-0.4, -0.2) is 11.1 Å². The van der Waals surface area contributed by atoms with Gasteiger partial charge in [0.05, 0.1) is 11.0 Å². The van der Waals surface area contributed by atoms with E-state index in [0.29, 0.717) is 18.4 Å². The van der Waals surface area contributed by atoms with Crippen molar-refractivity contribution in [1.29, 1.82) is 0 Å². The summed E-state index contributed by atoms with van der Waals surface area (Å²) in [4.78, 5) is 0. The predicted molar refractivity (Wildman–Crippen MR) is 296 cm³/mol. The fraction of sp³-hybridized carbons (Fsp3) is 0.242. The average Bonchev–Trinajstić information content (AvgIpc) is 3.55. The number of fused-ring (bicyclic) bond motifs is 6. The summed E-state index contributed by atoms with van der Waals surface area (Å²) in [6.07, 6.45) is 49.6. The predicted octanol–water partition coefficient (Wildman–Crippen LogP) is 17.1. The van der Waals surface area contributed by atoms with E-state index in [1.165, 1.54) is 55.3 Å². The highest BCUT2D eigenvalue weighted by Gasteiger charge is 2.56. The molecule has 4 aromatic carbocycles. The van der Waals surface area contributed by atoms with E-state index >= 15 is 0 Å². The van der Waals surface area contributed by atoms with Gasteiger partial charge in [0.2, 0.25) is 0 Å². The van der Waals surface area contributed by atoms with Gasteiger partial charge in [-0.15, -0.1) is 0 Å². The lowest BCUT2D eigenvalue weighted by Crippen LogP contribution is -2.34. The van der Waals surface area contributed by atoms with Crippen molar-refractivity contribution in [3.05, 3.63) is 264 Å². The van der Waals surface area contributed by atoms with Crippen LogP contribution in [0.1, 0.15) is 82.9 Å². The Balaban J connectivity index is 1.26. The Bertz CT molecular complexity index is 2900. The van der Waals surface area contributed by atoms with Gasteiger partial charge in [0.15, 0.2) is 0 Å². The summed E-state index contributed by atoms with van der Waals surface area (Å²) in [6.45, 7) is 13.6.